The van der Waals surface area contributed by atoms with Gasteiger partial charge in [-0.05, 0) is 6.42 Å². The van der Waals surface area contributed by atoms with Gasteiger partial charge in [-0.25, -0.2) is 0 Å². The lowest BCUT2D eigenvalue weighted by molar-refractivity contribution is -0.148. The first-order valence-corrected chi connectivity index (χ1v) is 4.82. The molecule has 78 valence electrons. The highest BCUT2D eigenvalue weighted by Crippen LogP contribution is 2.13. The Bertz CT molecular complexity index is 263. The minimum Gasteiger partial charge on any atom is -0.378 e. The van der Waals surface area contributed by atoms with Crippen LogP contribution in [0, 0.1) is 0 Å². The van der Waals surface area contributed by atoms with E-state index in [0.717, 1.165) is 0 Å². The molecule has 5 nitrogen and oxygen atoms in total. The molecule has 0 aromatic heterocycles. The first-order valence-electron chi connectivity index (χ1n) is 4.82. The average molecular weight is 198 g/mol. The Morgan fingerprint density at radius 2 is 2.14 bits per heavy atom. The number of piperidine rings is 1. The summed E-state index contributed by atoms with van der Waals surface area (Å²) in [4.78, 5) is 24.0. The van der Waals surface area contributed by atoms with E-state index in [-0.39, 0.29) is 23.9 Å². The fourth-order valence-electron chi connectivity index (χ4n) is 1.69. The summed E-state index contributed by atoms with van der Waals surface area (Å²) in [6, 6.07) is 0.0807. The topological polar surface area (TPSA) is 58.6 Å². The Kier molecular flexibility index (Phi) is 2.52. The molecule has 0 aromatic rings. The monoisotopic (exact) mass is 198 g/mol. The summed E-state index contributed by atoms with van der Waals surface area (Å²) < 4.78 is 5.01. The zero-order valence-corrected chi connectivity index (χ0v) is 8.16. The van der Waals surface area contributed by atoms with Crippen molar-refractivity contribution in [2.24, 2.45) is 0 Å². The number of imide groups is 1. The molecule has 2 aliphatic rings. The Morgan fingerprint density at radius 1 is 1.43 bits per heavy atom. The van der Waals surface area contributed by atoms with E-state index >= 15 is 0 Å². The summed E-state index contributed by atoms with van der Waals surface area (Å²) in [5.74, 6) is -0.203. The first-order chi connectivity index (χ1) is 6.68. The Balaban J connectivity index is 1.92. The van der Waals surface area contributed by atoms with Crippen LogP contribution in [-0.4, -0.2) is 49.1 Å². The molecule has 0 bridgehead atoms. The van der Waals surface area contributed by atoms with E-state index in [0.29, 0.717) is 26.1 Å². The minimum absolute atomic E-state index is 0.0853. The van der Waals surface area contributed by atoms with Crippen molar-refractivity contribution in [3.05, 3.63) is 0 Å². The summed E-state index contributed by atoms with van der Waals surface area (Å²) in [6.07, 6.45) is 1.06. The van der Waals surface area contributed by atoms with E-state index in [1.54, 1.807) is 0 Å². The zero-order valence-electron chi connectivity index (χ0n) is 8.16. The molecule has 5 heteroatoms. The summed E-state index contributed by atoms with van der Waals surface area (Å²) in [5.41, 5.74) is 0. The number of carbonyl (C=O) groups excluding carboxylic acids is 2. The van der Waals surface area contributed by atoms with Gasteiger partial charge in [0, 0.05) is 13.5 Å². The third-order valence-corrected chi connectivity index (χ3v) is 2.72. The molecule has 1 N–H and O–H groups in total. The van der Waals surface area contributed by atoms with Crippen LogP contribution in [-0.2, 0) is 14.3 Å². The fraction of sp³-hybridized carbons (Fsp3) is 0.778. The molecule has 2 fully saturated rings. The molecule has 2 amide bonds. The number of rotatable bonds is 2. The van der Waals surface area contributed by atoms with E-state index in [1.807, 2.05) is 0 Å². The normalized spacial score (nSPS) is 29.2. The SMILES string of the molecule is CN1C(=O)CCC(NC2COC2)C1=O. The van der Waals surface area contributed by atoms with Gasteiger partial charge in [-0.15, -0.1) is 0 Å². The van der Waals surface area contributed by atoms with Gasteiger partial charge >= 0.3 is 0 Å². The van der Waals surface area contributed by atoms with Crippen LogP contribution in [0.25, 0.3) is 0 Å². The number of likely N-dealkylation sites (tertiary alicyclic amines) is 1. The molecule has 0 radical (unpaired) electrons. The van der Waals surface area contributed by atoms with Crippen molar-refractivity contribution in [2.75, 3.05) is 20.3 Å². The maximum Gasteiger partial charge on any atom is 0.246 e. The summed E-state index contributed by atoms with van der Waals surface area (Å²) in [7, 11) is 1.54. The number of amides is 2. The van der Waals surface area contributed by atoms with Gasteiger partial charge in [-0.3, -0.25) is 19.8 Å². The molecular formula is C9H14N2O3. The highest BCUT2D eigenvalue weighted by molar-refractivity contribution is 6.00. The molecule has 0 aliphatic carbocycles. The largest absolute Gasteiger partial charge is 0.378 e. The van der Waals surface area contributed by atoms with Crippen molar-refractivity contribution in [2.45, 2.75) is 24.9 Å². The van der Waals surface area contributed by atoms with Crippen LogP contribution < -0.4 is 5.32 Å². The molecule has 2 heterocycles. The molecular weight excluding hydrogens is 184 g/mol. The van der Waals surface area contributed by atoms with Crippen molar-refractivity contribution in [3.8, 4) is 0 Å². The molecule has 1 atom stereocenters. The highest BCUT2D eigenvalue weighted by Gasteiger charge is 2.34. The van der Waals surface area contributed by atoms with Gasteiger partial charge in [0.05, 0.1) is 25.3 Å². The minimum atomic E-state index is -0.202. The molecule has 2 saturated heterocycles. The van der Waals surface area contributed by atoms with Crippen molar-refractivity contribution >= 4 is 11.8 Å². The Hall–Kier alpha value is -0.940. The van der Waals surface area contributed by atoms with Crippen molar-refractivity contribution in [1.29, 1.82) is 0 Å². The molecule has 0 spiro atoms. The summed E-state index contributed by atoms with van der Waals surface area (Å²) in [5, 5.41) is 3.19. The molecule has 1 unspecified atom stereocenters. The number of likely N-dealkylation sites (N-methyl/N-ethyl adjacent to an activating group) is 1. The van der Waals surface area contributed by atoms with Crippen LogP contribution >= 0.6 is 0 Å². The van der Waals surface area contributed by atoms with Crippen molar-refractivity contribution in [1.82, 2.24) is 10.2 Å². The zero-order chi connectivity index (χ0) is 10.1. The van der Waals surface area contributed by atoms with Gasteiger partial charge in [-0.1, -0.05) is 0 Å². The fourth-order valence-corrected chi connectivity index (χ4v) is 1.69. The van der Waals surface area contributed by atoms with Crippen molar-refractivity contribution < 1.29 is 14.3 Å². The molecule has 2 aliphatic heterocycles. The summed E-state index contributed by atoms with van der Waals surface area (Å²) in [6.45, 7) is 1.34. The summed E-state index contributed by atoms with van der Waals surface area (Å²) >= 11 is 0. The van der Waals surface area contributed by atoms with Crippen LogP contribution in [0.3, 0.4) is 0 Å². The Morgan fingerprint density at radius 3 is 2.71 bits per heavy atom. The second kappa shape index (κ2) is 3.67. The molecule has 0 saturated carbocycles. The lowest BCUT2D eigenvalue weighted by Crippen LogP contribution is -2.58. The number of hydrogen-bond acceptors (Lipinski definition) is 4. The van der Waals surface area contributed by atoms with Gasteiger partial charge in [0.25, 0.3) is 0 Å². The molecule has 0 aromatic carbocycles. The van der Waals surface area contributed by atoms with Crippen LogP contribution in [0.1, 0.15) is 12.8 Å². The van der Waals surface area contributed by atoms with E-state index in [2.05, 4.69) is 5.32 Å². The second-order valence-electron chi connectivity index (χ2n) is 3.78. The number of ether oxygens (including phenoxy) is 1. The van der Waals surface area contributed by atoms with Crippen LogP contribution in [0.4, 0.5) is 0 Å². The lowest BCUT2D eigenvalue weighted by atomic mass is 10.0. The van der Waals surface area contributed by atoms with Gasteiger partial charge in [-0.2, -0.15) is 0 Å². The van der Waals surface area contributed by atoms with Crippen LogP contribution in [0.5, 0.6) is 0 Å². The van der Waals surface area contributed by atoms with Gasteiger partial charge < -0.3 is 4.74 Å². The van der Waals surface area contributed by atoms with Gasteiger partial charge in [0.1, 0.15) is 0 Å². The number of nitrogens with one attached hydrogen (secondary N) is 1. The predicted octanol–water partition coefficient (Wildman–Crippen LogP) is -0.878. The van der Waals surface area contributed by atoms with E-state index in [9.17, 15) is 9.59 Å². The maximum absolute atomic E-state index is 11.6. The standard InChI is InChI=1S/C9H14N2O3/c1-11-8(12)3-2-7(9(11)13)10-6-4-14-5-6/h6-7,10H,2-5H2,1H3. The number of carbonyl (C=O) groups is 2. The van der Waals surface area contributed by atoms with Gasteiger partial charge in [0.2, 0.25) is 11.8 Å². The molecule has 14 heavy (non-hydrogen) atoms. The highest BCUT2D eigenvalue weighted by atomic mass is 16.5. The lowest BCUT2D eigenvalue weighted by Gasteiger charge is -2.34. The average Bonchev–Trinajstić information content (AvgIpc) is 2.10. The third-order valence-electron chi connectivity index (χ3n) is 2.72. The van der Waals surface area contributed by atoms with Gasteiger partial charge in [0.15, 0.2) is 0 Å². The number of nitrogens with zero attached hydrogens (tertiary/aromatic N) is 1. The maximum atomic E-state index is 11.6. The van der Waals surface area contributed by atoms with Crippen LogP contribution in [0.2, 0.25) is 0 Å². The quantitative estimate of drug-likeness (QED) is 0.585. The van der Waals surface area contributed by atoms with E-state index in [1.165, 1.54) is 11.9 Å². The third kappa shape index (κ3) is 1.65. The van der Waals surface area contributed by atoms with Crippen LogP contribution in [0.15, 0.2) is 0 Å². The first kappa shape index (κ1) is 9.61. The smallest absolute Gasteiger partial charge is 0.246 e. The molecule has 2 rings (SSSR count). The Labute approximate surface area is 82.4 Å². The second-order valence-corrected chi connectivity index (χ2v) is 3.78. The number of hydrogen-bond donors (Lipinski definition) is 1. The van der Waals surface area contributed by atoms with E-state index < -0.39 is 0 Å². The van der Waals surface area contributed by atoms with Crippen molar-refractivity contribution in [3.63, 3.8) is 0 Å². The van der Waals surface area contributed by atoms with E-state index in [4.69, 9.17) is 4.74 Å². The predicted molar refractivity (Wildman–Crippen MR) is 48.5 cm³/mol.